The quantitative estimate of drug-likeness (QED) is 0.874. The highest BCUT2D eigenvalue weighted by molar-refractivity contribution is 5.99. The first-order chi connectivity index (χ1) is 13.7. The minimum Gasteiger partial charge on any atom is -0.489 e. The van der Waals surface area contributed by atoms with Crippen LogP contribution in [-0.2, 0) is 16.1 Å². The molecule has 1 heterocycles. The van der Waals surface area contributed by atoms with Crippen LogP contribution in [0, 0.1) is 11.3 Å². The first-order valence-electron chi connectivity index (χ1n) is 9.28. The molecule has 0 saturated heterocycles. The highest BCUT2D eigenvalue weighted by Crippen LogP contribution is 2.45. The van der Waals surface area contributed by atoms with E-state index in [1.165, 1.54) is 0 Å². The van der Waals surface area contributed by atoms with Gasteiger partial charge < -0.3 is 15.2 Å². The average molecular weight is 372 g/mol. The van der Waals surface area contributed by atoms with Crippen LogP contribution >= 0.6 is 0 Å². The summed E-state index contributed by atoms with van der Waals surface area (Å²) in [5.41, 5.74) is 8.61. The molecule has 4 rings (SSSR count). The normalized spacial score (nSPS) is 19.0. The molecule has 1 aliphatic carbocycles. The van der Waals surface area contributed by atoms with Crippen molar-refractivity contribution in [3.05, 3.63) is 88.5 Å². The number of carbonyl (C=O) groups excluding carboxylic acids is 1. The molecule has 0 radical (unpaired) electrons. The number of carbonyl (C=O) groups is 1. The van der Waals surface area contributed by atoms with Crippen LogP contribution in [0.2, 0.25) is 0 Å². The lowest BCUT2D eigenvalue weighted by Gasteiger charge is -2.31. The summed E-state index contributed by atoms with van der Waals surface area (Å²) in [5, 5.41) is 9.73. The second-order valence-corrected chi connectivity index (χ2v) is 6.85. The molecule has 0 spiro atoms. The minimum atomic E-state index is -0.562. The van der Waals surface area contributed by atoms with Gasteiger partial charge in [-0.3, -0.25) is 4.79 Å². The Labute approximate surface area is 163 Å². The van der Waals surface area contributed by atoms with E-state index < -0.39 is 5.92 Å². The summed E-state index contributed by atoms with van der Waals surface area (Å²) in [6.07, 6.45) is 1.82. The zero-order valence-electron chi connectivity index (χ0n) is 15.4. The minimum absolute atomic E-state index is 0.00404. The van der Waals surface area contributed by atoms with Gasteiger partial charge in [-0.1, -0.05) is 48.5 Å². The average Bonchev–Trinajstić information content (AvgIpc) is 2.72. The maximum atomic E-state index is 12.7. The molecular weight excluding hydrogens is 352 g/mol. The number of nitrogens with two attached hydrogens (primary N) is 1. The Morgan fingerprint density at radius 1 is 1.11 bits per heavy atom. The van der Waals surface area contributed by atoms with Crippen molar-refractivity contribution in [1.29, 1.82) is 5.26 Å². The Morgan fingerprint density at radius 3 is 2.64 bits per heavy atom. The Morgan fingerprint density at radius 2 is 1.86 bits per heavy atom. The summed E-state index contributed by atoms with van der Waals surface area (Å²) in [6, 6.07) is 19.5. The maximum absolute atomic E-state index is 12.7. The Bertz CT molecular complexity index is 1020. The van der Waals surface area contributed by atoms with E-state index in [2.05, 4.69) is 6.07 Å². The standard InChI is InChI=1S/C23H20N2O3/c24-13-17-21(22-18(26)10-6-12-20(22)28-23(17)25)16-9-4-5-11-19(16)27-14-15-7-2-1-3-8-15/h1-5,7-9,11,21H,6,10,12,14,25H2/t21-/m0/s1. The predicted octanol–water partition coefficient (Wildman–Crippen LogP) is 4.08. The Hall–Kier alpha value is -3.52. The topological polar surface area (TPSA) is 85.3 Å². The molecule has 0 saturated carbocycles. The zero-order chi connectivity index (χ0) is 19.5. The van der Waals surface area contributed by atoms with Gasteiger partial charge in [-0.15, -0.1) is 0 Å². The molecule has 5 heteroatoms. The third-order valence-corrected chi connectivity index (χ3v) is 5.07. The number of allylic oxidation sites excluding steroid dienone is 3. The number of benzene rings is 2. The first kappa shape index (κ1) is 17.9. The number of ketones is 1. The van der Waals surface area contributed by atoms with Crippen molar-refractivity contribution in [3.63, 3.8) is 0 Å². The molecule has 2 aliphatic rings. The fourth-order valence-electron chi connectivity index (χ4n) is 3.75. The van der Waals surface area contributed by atoms with Crippen molar-refractivity contribution in [2.24, 2.45) is 5.73 Å². The van der Waals surface area contributed by atoms with Gasteiger partial charge in [0.15, 0.2) is 5.78 Å². The second-order valence-electron chi connectivity index (χ2n) is 6.85. The fourth-order valence-corrected chi connectivity index (χ4v) is 3.75. The van der Waals surface area contributed by atoms with Crippen LogP contribution in [0.4, 0.5) is 0 Å². The van der Waals surface area contributed by atoms with Crippen LogP contribution in [0.1, 0.15) is 36.3 Å². The number of Topliss-reactive ketones (excluding diaryl/α,β-unsaturated/α-hetero) is 1. The van der Waals surface area contributed by atoms with Gasteiger partial charge in [0.25, 0.3) is 0 Å². The smallest absolute Gasteiger partial charge is 0.205 e. The summed E-state index contributed by atoms with van der Waals surface area (Å²) in [7, 11) is 0. The maximum Gasteiger partial charge on any atom is 0.205 e. The lowest BCUT2D eigenvalue weighted by molar-refractivity contribution is -0.116. The molecular formula is C23H20N2O3. The summed E-state index contributed by atoms with van der Waals surface area (Å²) < 4.78 is 11.7. The monoisotopic (exact) mass is 372 g/mol. The third kappa shape index (κ3) is 3.25. The van der Waals surface area contributed by atoms with E-state index in [1.807, 2.05) is 54.6 Å². The summed E-state index contributed by atoms with van der Waals surface area (Å²) in [6.45, 7) is 0.391. The number of hydrogen-bond donors (Lipinski definition) is 1. The molecule has 140 valence electrons. The number of ether oxygens (including phenoxy) is 2. The van der Waals surface area contributed by atoms with E-state index in [9.17, 15) is 10.1 Å². The molecule has 1 atom stereocenters. The van der Waals surface area contributed by atoms with Crippen molar-refractivity contribution in [1.82, 2.24) is 0 Å². The Kier molecular flexibility index (Phi) is 4.86. The van der Waals surface area contributed by atoms with E-state index in [4.69, 9.17) is 15.2 Å². The van der Waals surface area contributed by atoms with Crippen LogP contribution in [0.15, 0.2) is 77.4 Å². The highest BCUT2D eigenvalue weighted by Gasteiger charge is 2.39. The van der Waals surface area contributed by atoms with Gasteiger partial charge in [-0.2, -0.15) is 5.26 Å². The zero-order valence-corrected chi connectivity index (χ0v) is 15.4. The third-order valence-electron chi connectivity index (χ3n) is 5.07. The molecule has 0 aromatic heterocycles. The molecule has 0 bridgehead atoms. The van der Waals surface area contributed by atoms with Crippen LogP contribution in [0.25, 0.3) is 0 Å². The predicted molar refractivity (Wildman–Crippen MR) is 104 cm³/mol. The summed E-state index contributed by atoms with van der Waals surface area (Å²) in [5.74, 6) is 0.719. The van der Waals surface area contributed by atoms with Gasteiger partial charge >= 0.3 is 0 Å². The molecule has 5 nitrogen and oxygen atoms in total. The van der Waals surface area contributed by atoms with Gasteiger partial charge in [-0.25, -0.2) is 0 Å². The van der Waals surface area contributed by atoms with E-state index in [0.717, 1.165) is 17.5 Å². The molecule has 2 N–H and O–H groups in total. The molecule has 0 unspecified atom stereocenters. The number of para-hydroxylation sites is 1. The molecule has 1 aliphatic heterocycles. The van der Waals surface area contributed by atoms with E-state index in [1.54, 1.807) is 0 Å². The Balaban J connectivity index is 1.76. The molecule has 2 aromatic carbocycles. The van der Waals surface area contributed by atoms with Crippen LogP contribution < -0.4 is 10.5 Å². The van der Waals surface area contributed by atoms with Gasteiger partial charge in [0.05, 0.1) is 5.92 Å². The second kappa shape index (κ2) is 7.61. The number of rotatable bonds is 4. The van der Waals surface area contributed by atoms with Gasteiger partial charge in [-0.05, 0) is 18.1 Å². The van der Waals surface area contributed by atoms with E-state index in [-0.39, 0.29) is 17.2 Å². The van der Waals surface area contributed by atoms with Crippen LogP contribution in [0.3, 0.4) is 0 Å². The van der Waals surface area contributed by atoms with E-state index >= 15 is 0 Å². The van der Waals surface area contributed by atoms with Crippen molar-refractivity contribution in [2.45, 2.75) is 31.8 Å². The largest absolute Gasteiger partial charge is 0.489 e. The van der Waals surface area contributed by atoms with Gasteiger partial charge in [0.1, 0.15) is 29.8 Å². The molecule has 2 aromatic rings. The van der Waals surface area contributed by atoms with Crippen LogP contribution in [-0.4, -0.2) is 5.78 Å². The molecule has 0 fully saturated rings. The van der Waals surface area contributed by atoms with Crippen molar-refractivity contribution >= 4 is 5.78 Å². The van der Waals surface area contributed by atoms with Crippen LogP contribution in [0.5, 0.6) is 5.75 Å². The highest BCUT2D eigenvalue weighted by atomic mass is 16.5. The number of hydrogen-bond acceptors (Lipinski definition) is 5. The summed E-state index contributed by atoms with van der Waals surface area (Å²) >= 11 is 0. The van der Waals surface area contributed by atoms with Crippen molar-refractivity contribution in [2.75, 3.05) is 0 Å². The first-order valence-corrected chi connectivity index (χ1v) is 9.28. The summed E-state index contributed by atoms with van der Waals surface area (Å²) in [4.78, 5) is 12.7. The fraction of sp³-hybridized carbons (Fsp3) is 0.217. The molecule has 28 heavy (non-hydrogen) atoms. The lowest BCUT2D eigenvalue weighted by Crippen LogP contribution is -2.27. The number of nitriles is 1. The van der Waals surface area contributed by atoms with Crippen molar-refractivity contribution in [3.8, 4) is 11.8 Å². The molecule has 0 amide bonds. The number of nitrogens with zero attached hydrogens (tertiary/aromatic N) is 1. The lowest BCUT2D eigenvalue weighted by atomic mass is 9.77. The van der Waals surface area contributed by atoms with Gasteiger partial charge in [0.2, 0.25) is 5.88 Å². The van der Waals surface area contributed by atoms with E-state index in [0.29, 0.717) is 36.5 Å². The SMILES string of the molecule is N#CC1=C(N)OC2=C(C(=O)CCC2)[C@H]1c1ccccc1OCc1ccccc1. The van der Waals surface area contributed by atoms with Crippen molar-refractivity contribution < 1.29 is 14.3 Å². The van der Waals surface area contributed by atoms with Gasteiger partial charge in [0, 0.05) is 24.0 Å².